The molecule has 0 aliphatic rings. The molecule has 0 radical (unpaired) electrons. The number of carbonyl (C=O) groups is 1. The van der Waals surface area contributed by atoms with Gasteiger partial charge in [-0.25, -0.2) is 4.39 Å². The Morgan fingerprint density at radius 2 is 1.95 bits per heavy atom. The number of rotatable bonds is 7. The molecule has 0 amide bonds. The van der Waals surface area contributed by atoms with Crippen LogP contribution in [0.2, 0.25) is 0 Å². The zero-order valence-corrected chi connectivity index (χ0v) is 12.9. The first-order valence-electron chi connectivity index (χ1n) is 6.76. The minimum atomic E-state index is -0.450. The van der Waals surface area contributed by atoms with E-state index in [1.807, 2.05) is 34.6 Å². The van der Waals surface area contributed by atoms with Crippen molar-refractivity contribution in [1.82, 2.24) is 5.32 Å². The van der Waals surface area contributed by atoms with Crippen molar-refractivity contribution in [3.8, 4) is 0 Å². The molecule has 0 fully saturated rings. The van der Waals surface area contributed by atoms with Gasteiger partial charge in [0.15, 0.2) is 0 Å². The predicted octanol–water partition coefficient (Wildman–Crippen LogP) is 3.76. The highest BCUT2D eigenvalue weighted by Crippen LogP contribution is 2.06. The van der Waals surface area contributed by atoms with Gasteiger partial charge in [-0.15, -0.1) is 0 Å². The fraction of sp³-hybridized carbons (Fsp3) is 0.667. The van der Waals surface area contributed by atoms with E-state index in [0.717, 1.165) is 6.42 Å². The van der Waals surface area contributed by atoms with E-state index in [0.29, 0.717) is 13.0 Å². The maximum atomic E-state index is 12.6. The van der Waals surface area contributed by atoms with Crippen molar-refractivity contribution < 1.29 is 13.9 Å². The minimum absolute atomic E-state index is 0.185. The van der Waals surface area contributed by atoms with Crippen LogP contribution in [0.4, 0.5) is 4.39 Å². The summed E-state index contributed by atoms with van der Waals surface area (Å²) in [5.41, 5.74) is -0.450. The molecule has 112 valence electrons. The van der Waals surface area contributed by atoms with E-state index in [1.165, 1.54) is 12.2 Å². The van der Waals surface area contributed by atoms with Crippen molar-refractivity contribution in [2.45, 2.75) is 53.1 Å². The van der Waals surface area contributed by atoms with Crippen molar-refractivity contribution in [3.63, 3.8) is 0 Å². The van der Waals surface area contributed by atoms with Gasteiger partial charge in [-0.1, -0.05) is 20.4 Å². The fourth-order valence-corrected chi connectivity index (χ4v) is 1.12. The molecule has 19 heavy (non-hydrogen) atoms. The highest BCUT2D eigenvalue weighted by atomic mass is 19.1. The number of halogens is 1. The van der Waals surface area contributed by atoms with Crippen LogP contribution in [0.25, 0.3) is 0 Å². The van der Waals surface area contributed by atoms with E-state index in [-0.39, 0.29) is 18.3 Å². The SMILES string of the molecule is C=C/C(F)=C/CCCNCC(=O)OC(C)(C)C.CC. The average molecular weight is 273 g/mol. The molecule has 0 atom stereocenters. The Labute approximate surface area is 116 Å². The van der Waals surface area contributed by atoms with Gasteiger partial charge < -0.3 is 10.1 Å². The standard InChI is InChI=1S/C13H22FNO2.C2H6/c1-5-11(14)8-6-7-9-15-10-12(16)17-13(2,3)4;1-2/h5,8,15H,1,6-7,9-10H2,2-4H3;1-2H3/b11-8-;. The summed E-state index contributed by atoms with van der Waals surface area (Å²) in [7, 11) is 0. The van der Waals surface area contributed by atoms with Crippen LogP contribution in [0.1, 0.15) is 47.5 Å². The Morgan fingerprint density at radius 1 is 1.37 bits per heavy atom. The summed E-state index contributed by atoms with van der Waals surface area (Å²) in [6.45, 7) is 13.6. The molecule has 0 aliphatic heterocycles. The number of unbranched alkanes of at least 4 members (excludes halogenated alkanes) is 1. The lowest BCUT2D eigenvalue weighted by Gasteiger charge is -2.19. The molecule has 0 aromatic rings. The van der Waals surface area contributed by atoms with Gasteiger partial charge in [0.1, 0.15) is 11.4 Å². The second-order valence-corrected chi connectivity index (χ2v) is 4.70. The topological polar surface area (TPSA) is 38.3 Å². The summed E-state index contributed by atoms with van der Waals surface area (Å²) < 4.78 is 17.7. The second-order valence-electron chi connectivity index (χ2n) is 4.70. The largest absolute Gasteiger partial charge is 0.459 e. The molecule has 0 saturated carbocycles. The number of esters is 1. The first-order chi connectivity index (χ1) is 8.85. The molecular weight excluding hydrogens is 245 g/mol. The molecule has 0 aromatic heterocycles. The van der Waals surface area contributed by atoms with Gasteiger partial charge >= 0.3 is 5.97 Å². The highest BCUT2D eigenvalue weighted by molar-refractivity contribution is 5.72. The Balaban J connectivity index is 0. The van der Waals surface area contributed by atoms with Crippen molar-refractivity contribution in [2.75, 3.05) is 13.1 Å². The molecule has 4 heteroatoms. The summed E-state index contributed by atoms with van der Waals surface area (Å²) >= 11 is 0. The fourth-order valence-electron chi connectivity index (χ4n) is 1.12. The summed E-state index contributed by atoms with van der Waals surface area (Å²) in [5.74, 6) is -0.581. The lowest BCUT2D eigenvalue weighted by atomic mass is 10.2. The van der Waals surface area contributed by atoms with Crippen molar-refractivity contribution in [2.24, 2.45) is 0 Å². The van der Waals surface area contributed by atoms with Gasteiger partial charge in [0.2, 0.25) is 0 Å². The average Bonchev–Trinajstić information content (AvgIpc) is 2.33. The quantitative estimate of drug-likeness (QED) is 0.436. The smallest absolute Gasteiger partial charge is 0.320 e. The van der Waals surface area contributed by atoms with E-state index >= 15 is 0 Å². The lowest BCUT2D eigenvalue weighted by molar-refractivity contribution is -0.153. The molecular formula is C15H28FNO2. The molecule has 0 spiro atoms. The van der Waals surface area contributed by atoms with Crippen LogP contribution in [0.15, 0.2) is 24.6 Å². The van der Waals surface area contributed by atoms with Crippen molar-refractivity contribution in [3.05, 3.63) is 24.6 Å². The van der Waals surface area contributed by atoms with Crippen LogP contribution >= 0.6 is 0 Å². The third-order valence-corrected chi connectivity index (χ3v) is 1.78. The van der Waals surface area contributed by atoms with Crippen molar-refractivity contribution in [1.29, 1.82) is 0 Å². The Bertz CT molecular complexity index is 280. The third kappa shape index (κ3) is 16.8. The van der Waals surface area contributed by atoms with Crippen molar-refractivity contribution >= 4 is 5.97 Å². The molecule has 0 aliphatic carbocycles. The van der Waals surface area contributed by atoms with Crippen LogP contribution in [-0.2, 0) is 9.53 Å². The Morgan fingerprint density at radius 3 is 2.42 bits per heavy atom. The lowest BCUT2D eigenvalue weighted by Crippen LogP contribution is -2.31. The number of carbonyl (C=O) groups excluding carboxylic acids is 1. The van der Waals surface area contributed by atoms with Gasteiger partial charge in [0.25, 0.3) is 0 Å². The van der Waals surface area contributed by atoms with Gasteiger partial charge in [0, 0.05) is 0 Å². The molecule has 0 saturated heterocycles. The van der Waals surface area contributed by atoms with Crippen LogP contribution in [0, 0.1) is 0 Å². The molecule has 0 bridgehead atoms. The Kier molecular flexibility index (Phi) is 12.6. The first-order valence-corrected chi connectivity index (χ1v) is 6.76. The zero-order chi connectivity index (χ0) is 15.3. The molecule has 0 unspecified atom stereocenters. The molecule has 0 aromatic carbocycles. The number of allylic oxidation sites excluding steroid dienone is 3. The van der Waals surface area contributed by atoms with Crippen LogP contribution in [0.5, 0.6) is 0 Å². The number of nitrogens with one attached hydrogen (secondary N) is 1. The number of ether oxygens (including phenoxy) is 1. The maximum Gasteiger partial charge on any atom is 0.320 e. The third-order valence-electron chi connectivity index (χ3n) is 1.78. The number of hydrogen-bond donors (Lipinski definition) is 1. The summed E-state index contributed by atoms with van der Waals surface area (Å²) in [6.07, 6.45) is 4.04. The molecule has 3 nitrogen and oxygen atoms in total. The number of hydrogen-bond acceptors (Lipinski definition) is 3. The summed E-state index contributed by atoms with van der Waals surface area (Å²) in [5, 5.41) is 2.95. The highest BCUT2D eigenvalue weighted by Gasteiger charge is 2.15. The molecule has 0 heterocycles. The monoisotopic (exact) mass is 273 g/mol. The summed E-state index contributed by atoms with van der Waals surface area (Å²) in [6, 6.07) is 0. The molecule has 1 N–H and O–H groups in total. The van der Waals surface area contributed by atoms with E-state index in [2.05, 4.69) is 11.9 Å². The second kappa shape index (κ2) is 11.9. The van der Waals surface area contributed by atoms with E-state index in [4.69, 9.17) is 4.74 Å². The predicted molar refractivity (Wildman–Crippen MR) is 78.7 cm³/mol. The van der Waals surface area contributed by atoms with Gasteiger partial charge in [-0.2, -0.15) is 0 Å². The van der Waals surface area contributed by atoms with E-state index in [9.17, 15) is 9.18 Å². The van der Waals surface area contributed by atoms with Crippen LogP contribution < -0.4 is 5.32 Å². The van der Waals surface area contributed by atoms with Gasteiger partial charge in [-0.05, 0) is 52.3 Å². The first kappa shape index (κ1) is 20.2. The molecule has 0 rings (SSSR count). The van der Waals surface area contributed by atoms with Crippen LogP contribution in [-0.4, -0.2) is 24.7 Å². The Hall–Kier alpha value is -1.16. The van der Waals surface area contributed by atoms with Gasteiger partial charge in [0.05, 0.1) is 6.54 Å². The van der Waals surface area contributed by atoms with Crippen LogP contribution in [0.3, 0.4) is 0 Å². The van der Waals surface area contributed by atoms with E-state index in [1.54, 1.807) is 0 Å². The van der Waals surface area contributed by atoms with Gasteiger partial charge in [-0.3, -0.25) is 4.79 Å². The maximum absolute atomic E-state index is 12.6. The minimum Gasteiger partial charge on any atom is -0.459 e. The summed E-state index contributed by atoms with van der Waals surface area (Å²) in [4.78, 5) is 11.3. The normalized spacial score (nSPS) is 11.4. The zero-order valence-electron chi connectivity index (χ0n) is 12.9. The van der Waals surface area contributed by atoms with E-state index < -0.39 is 5.60 Å².